The molecule has 2 rings (SSSR count). The van der Waals surface area contributed by atoms with Crippen LogP contribution in [0.15, 0.2) is 42.0 Å². The van der Waals surface area contributed by atoms with Crippen molar-refractivity contribution in [2.24, 2.45) is 5.73 Å². The Morgan fingerprint density at radius 1 is 1.29 bits per heavy atom. The quantitative estimate of drug-likeness (QED) is 0.855. The molecule has 0 amide bonds. The van der Waals surface area contributed by atoms with Gasteiger partial charge in [-0.3, -0.25) is 4.98 Å². The molecule has 0 saturated heterocycles. The predicted octanol–water partition coefficient (Wildman–Crippen LogP) is 2.61. The maximum Gasteiger partial charge on any atom is 0.0661 e. The van der Waals surface area contributed by atoms with Crippen LogP contribution in [0.1, 0.15) is 16.5 Å². The molecule has 14 heavy (non-hydrogen) atoms. The van der Waals surface area contributed by atoms with E-state index in [0.717, 1.165) is 5.56 Å². The maximum absolute atomic E-state index is 6.03. The Kier molecular flexibility index (Phi) is 4.07. The average molecular weight is 227 g/mol. The molecule has 0 saturated carbocycles. The molecule has 0 aliphatic carbocycles. The molecule has 0 spiro atoms. The highest BCUT2D eigenvalue weighted by molar-refractivity contribution is 7.10. The molecule has 2 nitrogen and oxygen atoms in total. The standard InChI is InChI=1S/C10H10N2S.ClH/c11-10(9-4-2-6-13-9)8-3-1-5-12-7-8;/h1-7,10H,11H2;1H/t10-;/m0./s1. The van der Waals surface area contributed by atoms with Crippen LogP contribution in [0.2, 0.25) is 0 Å². The van der Waals surface area contributed by atoms with E-state index < -0.39 is 0 Å². The predicted molar refractivity (Wildman–Crippen MR) is 61.8 cm³/mol. The van der Waals surface area contributed by atoms with Crippen LogP contribution in [-0.2, 0) is 0 Å². The normalized spacial score (nSPS) is 11.8. The zero-order valence-corrected chi connectivity index (χ0v) is 9.09. The van der Waals surface area contributed by atoms with Crippen LogP contribution in [0, 0.1) is 0 Å². The van der Waals surface area contributed by atoms with Gasteiger partial charge in [-0.2, -0.15) is 0 Å². The summed E-state index contributed by atoms with van der Waals surface area (Å²) in [6.07, 6.45) is 3.56. The van der Waals surface area contributed by atoms with Crippen LogP contribution in [0.25, 0.3) is 0 Å². The van der Waals surface area contributed by atoms with Crippen LogP contribution in [-0.4, -0.2) is 4.98 Å². The summed E-state index contributed by atoms with van der Waals surface area (Å²) in [7, 11) is 0. The highest BCUT2D eigenvalue weighted by atomic mass is 35.5. The molecule has 0 bridgehead atoms. The minimum atomic E-state index is -0.0336. The van der Waals surface area contributed by atoms with Gasteiger partial charge < -0.3 is 5.73 Å². The van der Waals surface area contributed by atoms with Gasteiger partial charge in [0.1, 0.15) is 0 Å². The molecule has 0 fully saturated rings. The average Bonchev–Trinajstić information content (AvgIpc) is 2.71. The number of nitrogens with zero attached hydrogens (tertiary/aromatic N) is 1. The number of halogens is 1. The van der Waals surface area contributed by atoms with E-state index in [1.54, 1.807) is 17.5 Å². The largest absolute Gasteiger partial charge is 0.320 e. The third kappa shape index (κ3) is 2.32. The number of rotatable bonds is 2. The molecule has 74 valence electrons. The third-order valence-corrected chi connectivity index (χ3v) is 2.85. The summed E-state index contributed by atoms with van der Waals surface area (Å²) in [4.78, 5) is 5.21. The Morgan fingerprint density at radius 2 is 2.14 bits per heavy atom. The number of nitrogens with two attached hydrogens (primary N) is 1. The molecule has 2 aromatic rings. The van der Waals surface area contributed by atoms with E-state index in [4.69, 9.17) is 5.73 Å². The van der Waals surface area contributed by atoms with E-state index in [1.807, 2.05) is 35.8 Å². The summed E-state index contributed by atoms with van der Waals surface area (Å²) < 4.78 is 0. The van der Waals surface area contributed by atoms with Gasteiger partial charge in [0.2, 0.25) is 0 Å². The zero-order valence-electron chi connectivity index (χ0n) is 7.46. The van der Waals surface area contributed by atoms with Crippen LogP contribution in [0.4, 0.5) is 0 Å². The summed E-state index contributed by atoms with van der Waals surface area (Å²) >= 11 is 1.67. The number of thiophene rings is 1. The first-order valence-corrected chi connectivity index (χ1v) is 4.95. The lowest BCUT2D eigenvalue weighted by Gasteiger charge is -2.08. The number of pyridine rings is 1. The summed E-state index contributed by atoms with van der Waals surface area (Å²) in [6, 6.07) is 7.92. The van der Waals surface area contributed by atoms with Gasteiger partial charge in [0.25, 0.3) is 0 Å². The van der Waals surface area contributed by atoms with E-state index in [2.05, 4.69) is 4.98 Å². The van der Waals surface area contributed by atoms with Gasteiger partial charge in [-0.1, -0.05) is 12.1 Å². The molecular weight excluding hydrogens is 216 g/mol. The van der Waals surface area contributed by atoms with Crippen LogP contribution < -0.4 is 5.73 Å². The Hall–Kier alpha value is -0.900. The lowest BCUT2D eigenvalue weighted by Crippen LogP contribution is -2.09. The monoisotopic (exact) mass is 226 g/mol. The van der Waals surface area contributed by atoms with Gasteiger partial charge in [0.15, 0.2) is 0 Å². The first-order valence-electron chi connectivity index (χ1n) is 4.07. The van der Waals surface area contributed by atoms with Crippen molar-refractivity contribution in [1.82, 2.24) is 4.98 Å². The van der Waals surface area contributed by atoms with E-state index in [9.17, 15) is 0 Å². The Labute approximate surface area is 93.2 Å². The third-order valence-electron chi connectivity index (χ3n) is 1.89. The van der Waals surface area contributed by atoms with E-state index in [1.165, 1.54) is 4.88 Å². The first-order chi connectivity index (χ1) is 6.38. The Morgan fingerprint density at radius 3 is 2.71 bits per heavy atom. The van der Waals surface area contributed by atoms with Gasteiger partial charge in [0, 0.05) is 17.3 Å². The summed E-state index contributed by atoms with van der Waals surface area (Å²) in [5.74, 6) is 0. The molecule has 0 unspecified atom stereocenters. The molecule has 0 aliphatic heterocycles. The second-order valence-electron chi connectivity index (χ2n) is 2.78. The molecule has 1 atom stereocenters. The van der Waals surface area contributed by atoms with Gasteiger partial charge in [-0.25, -0.2) is 0 Å². The fraction of sp³-hybridized carbons (Fsp3) is 0.100. The SMILES string of the molecule is Cl.N[C@@H](c1cccnc1)c1cccs1. The van der Waals surface area contributed by atoms with Crippen LogP contribution in [0.5, 0.6) is 0 Å². The summed E-state index contributed by atoms with van der Waals surface area (Å²) in [5.41, 5.74) is 7.09. The highest BCUT2D eigenvalue weighted by Gasteiger charge is 2.08. The van der Waals surface area contributed by atoms with E-state index in [0.29, 0.717) is 0 Å². The van der Waals surface area contributed by atoms with Crippen molar-refractivity contribution in [3.8, 4) is 0 Å². The number of hydrogen-bond donors (Lipinski definition) is 1. The molecule has 2 aromatic heterocycles. The molecule has 0 radical (unpaired) electrons. The zero-order chi connectivity index (χ0) is 9.10. The van der Waals surface area contributed by atoms with Gasteiger partial charge in [-0.05, 0) is 23.1 Å². The fourth-order valence-corrected chi connectivity index (χ4v) is 1.95. The minimum Gasteiger partial charge on any atom is -0.320 e. The number of aromatic nitrogens is 1. The van der Waals surface area contributed by atoms with Crippen molar-refractivity contribution in [2.45, 2.75) is 6.04 Å². The Bertz CT molecular complexity index is 361. The van der Waals surface area contributed by atoms with Gasteiger partial charge in [0.05, 0.1) is 6.04 Å². The van der Waals surface area contributed by atoms with Crippen molar-refractivity contribution in [2.75, 3.05) is 0 Å². The van der Waals surface area contributed by atoms with Crippen LogP contribution in [0.3, 0.4) is 0 Å². The van der Waals surface area contributed by atoms with Crippen molar-refractivity contribution in [1.29, 1.82) is 0 Å². The molecular formula is C10H11ClN2S. The maximum atomic E-state index is 6.03. The van der Waals surface area contributed by atoms with E-state index >= 15 is 0 Å². The number of hydrogen-bond acceptors (Lipinski definition) is 3. The van der Waals surface area contributed by atoms with Crippen molar-refractivity contribution >= 4 is 23.7 Å². The smallest absolute Gasteiger partial charge is 0.0661 e. The van der Waals surface area contributed by atoms with Crippen molar-refractivity contribution in [3.63, 3.8) is 0 Å². The molecule has 2 heterocycles. The van der Waals surface area contributed by atoms with Crippen LogP contribution >= 0.6 is 23.7 Å². The molecule has 0 aliphatic rings. The molecule has 2 N–H and O–H groups in total. The topological polar surface area (TPSA) is 38.9 Å². The van der Waals surface area contributed by atoms with Gasteiger partial charge >= 0.3 is 0 Å². The van der Waals surface area contributed by atoms with E-state index in [-0.39, 0.29) is 18.4 Å². The summed E-state index contributed by atoms with van der Waals surface area (Å²) in [6.45, 7) is 0. The molecule has 0 aromatic carbocycles. The summed E-state index contributed by atoms with van der Waals surface area (Å²) in [5, 5.41) is 2.03. The first kappa shape index (κ1) is 11.2. The molecule has 4 heteroatoms. The lowest BCUT2D eigenvalue weighted by atomic mass is 10.1. The van der Waals surface area contributed by atoms with Crippen molar-refractivity contribution < 1.29 is 0 Å². The second-order valence-corrected chi connectivity index (χ2v) is 3.76. The lowest BCUT2D eigenvalue weighted by molar-refractivity contribution is 0.884. The Balaban J connectivity index is 0.000000980. The fourth-order valence-electron chi connectivity index (χ4n) is 1.19. The highest BCUT2D eigenvalue weighted by Crippen LogP contribution is 2.22. The second kappa shape index (κ2) is 5.10. The van der Waals surface area contributed by atoms with Gasteiger partial charge in [-0.15, -0.1) is 23.7 Å². The van der Waals surface area contributed by atoms with Crippen molar-refractivity contribution in [3.05, 3.63) is 52.5 Å². The minimum absolute atomic E-state index is 0.